The number of rotatable bonds is 10. The molecule has 210 valence electrons. The number of carbonyl (C=O) groups excluding carboxylic acids is 1. The van der Waals surface area contributed by atoms with Gasteiger partial charge in [-0.1, -0.05) is 97.1 Å². The van der Waals surface area contributed by atoms with Crippen molar-refractivity contribution >= 4 is 11.6 Å². The number of hydrogen-bond acceptors (Lipinski definition) is 3. The number of piperazine rings is 1. The third-order valence-corrected chi connectivity index (χ3v) is 8.87. The van der Waals surface area contributed by atoms with Gasteiger partial charge in [0.25, 0.3) is 5.91 Å². The van der Waals surface area contributed by atoms with Crippen LogP contribution in [0.4, 0.5) is 5.69 Å². The average Bonchev–Trinajstić information content (AvgIpc) is 3.04. The molecule has 0 spiro atoms. The Morgan fingerprint density at radius 2 is 1.29 bits per heavy atom. The van der Waals surface area contributed by atoms with Crippen LogP contribution in [0.3, 0.4) is 0 Å². The van der Waals surface area contributed by atoms with Crippen molar-refractivity contribution < 1.29 is 4.79 Å². The second-order valence-corrected chi connectivity index (χ2v) is 11.5. The van der Waals surface area contributed by atoms with E-state index in [0.717, 1.165) is 77.1 Å². The van der Waals surface area contributed by atoms with Crippen molar-refractivity contribution in [2.24, 2.45) is 0 Å². The molecule has 2 aliphatic heterocycles. The Hall–Kier alpha value is -3.89. The van der Waals surface area contributed by atoms with Crippen molar-refractivity contribution in [2.45, 2.75) is 31.6 Å². The summed E-state index contributed by atoms with van der Waals surface area (Å²) in [5.74, 6) is 0.616. The zero-order chi connectivity index (χ0) is 27.9. The van der Waals surface area contributed by atoms with Crippen LogP contribution < -0.4 is 4.90 Å². The van der Waals surface area contributed by atoms with E-state index in [1.54, 1.807) is 0 Å². The lowest BCUT2D eigenvalue weighted by Crippen LogP contribution is -2.47. The van der Waals surface area contributed by atoms with Crippen molar-refractivity contribution in [1.29, 1.82) is 0 Å². The molecule has 2 aliphatic rings. The van der Waals surface area contributed by atoms with Gasteiger partial charge in [0.15, 0.2) is 0 Å². The Morgan fingerprint density at radius 3 is 1.95 bits per heavy atom. The standard InChI is InChI=1S/C37H41N3O/c41-37-36-29-34(19-18-33(36)20-24-40(37)22-10-13-30-11-4-1-5-12-30)39-27-25-38(26-28-39)23-21-35(31-14-6-2-7-15-31)32-16-8-3-9-17-32/h1-9,11-12,14-19,29,35H,10,13,20-28H2. The zero-order valence-electron chi connectivity index (χ0n) is 24.0. The Labute approximate surface area is 245 Å². The van der Waals surface area contributed by atoms with Crippen molar-refractivity contribution in [2.75, 3.05) is 50.7 Å². The van der Waals surface area contributed by atoms with Crippen molar-refractivity contribution in [3.63, 3.8) is 0 Å². The molecule has 1 fully saturated rings. The smallest absolute Gasteiger partial charge is 0.254 e. The molecule has 0 bridgehead atoms. The van der Waals surface area contributed by atoms with Gasteiger partial charge < -0.3 is 9.80 Å². The number of aryl methyl sites for hydroxylation is 1. The molecule has 1 saturated heterocycles. The quantitative estimate of drug-likeness (QED) is 0.224. The third kappa shape index (κ3) is 6.71. The maximum atomic E-state index is 13.4. The van der Waals surface area contributed by atoms with Crippen LogP contribution in [0.2, 0.25) is 0 Å². The van der Waals surface area contributed by atoms with Gasteiger partial charge in [-0.25, -0.2) is 0 Å². The number of anilines is 1. The van der Waals surface area contributed by atoms with Crippen LogP contribution in [-0.2, 0) is 12.8 Å². The largest absolute Gasteiger partial charge is 0.369 e. The molecule has 0 radical (unpaired) electrons. The number of carbonyl (C=O) groups is 1. The van der Waals surface area contributed by atoms with Crippen LogP contribution in [0.1, 0.15) is 51.4 Å². The summed E-state index contributed by atoms with van der Waals surface area (Å²) in [6.45, 7) is 6.82. The molecule has 1 amide bonds. The molecule has 2 heterocycles. The van der Waals surface area contributed by atoms with Gasteiger partial charge in [0.1, 0.15) is 0 Å². The lowest BCUT2D eigenvalue weighted by Gasteiger charge is -2.37. The van der Waals surface area contributed by atoms with Gasteiger partial charge in [0.05, 0.1) is 0 Å². The summed E-state index contributed by atoms with van der Waals surface area (Å²) < 4.78 is 0. The van der Waals surface area contributed by atoms with Crippen molar-refractivity contribution in [1.82, 2.24) is 9.80 Å². The number of fused-ring (bicyclic) bond motifs is 1. The molecule has 4 nitrogen and oxygen atoms in total. The predicted octanol–water partition coefficient (Wildman–Crippen LogP) is 6.66. The van der Waals surface area contributed by atoms with E-state index in [1.807, 2.05) is 0 Å². The van der Waals surface area contributed by atoms with E-state index in [4.69, 9.17) is 0 Å². The Kier molecular flexibility index (Phi) is 8.77. The first-order valence-electron chi connectivity index (χ1n) is 15.3. The lowest BCUT2D eigenvalue weighted by molar-refractivity contribution is 0.0738. The summed E-state index contributed by atoms with van der Waals surface area (Å²) in [5, 5.41) is 0. The van der Waals surface area contributed by atoms with Gasteiger partial charge in [-0.2, -0.15) is 0 Å². The van der Waals surface area contributed by atoms with Crippen LogP contribution >= 0.6 is 0 Å². The summed E-state index contributed by atoms with van der Waals surface area (Å²) >= 11 is 0. The first kappa shape index (κ1) is 27.3. The van der Waals surface area contributed by atoms with Crippen LogP contribution in [0, 0.1) is 0 Å². The Bertz CT molecular complexity index is 1360. The molecule has 0 aliphatic carbocycles. The fourth-order valence-corrected chi connectivity index (χ4v) is 6.48. The molecule has 41 heavy (non-hydrogen) atoms. The maximum absolute atomic E-state index is 13.4. The minimum Gasteiger partial charge on any atom is -0.369 e. The highest BCUT2D eigenvalue weighted by atomic mass is 16.2. The Morgan fingerprint density at radius 1 is 0.659 bits per heavy atom. The molecular formula is C37H41N3O. The lowest BCUT2D eigenvalue weighted by atomic mass is 9.88. The maximum Gasteiger partial charge on any atom is 0.254 e. The fourth-order valence-electron chi connectivity index (χ4n) is 6.48. The minimum atomic E-state index is 0.202. The normalized spacial score (nSPS) is 15.8. The van der Waals surface area contributed by atoms with E-state index in [2.05, 4.69) is 124 Å². The van der Waals surface area contributed by atoms with E-state index in [1.165, 1.54) is 27.9 Å². The van der Waals surface area contributed by atoms with E-state index in [9.17, 15) is 4.79 Å². The topological polar surface area (TPSA) is 26.8 Å². The molecule has 4 aromatic carbocycles. The van der Waals surface area contributed by atoms with E-state index < -0.39 is 0 Å². The van der Waals surface area contributed by atoms with Crippen LogP contribution in [-0.4, -0.2) is 61.5 Å². The van der Waals surface area contributed by atoms with Gasteiger partial charge in [0, 0.05) is 56.4 Å². The molecule has 0 unspecified atom stereocenters. The first-order valence-corrected chi connectivity index (χ1v) is 15.3. The van der Waals surface area contributed by atoms with Gasteiger partial charge >= 0.3 is 0 Å². The third-order valence-electron chi connectivity index (χ3n) is 8.87. The highest BCUT2D eigenvalue weighted by Crippen LogP contribution is 2.29. The monoisotopic (exact) mass is 543 g/mol. The van der Waals surface area contributed by atoms with Crippen LogP contribution in [0.5, 0.6) is 0 Å². The molecule has 6 rings (SSSR count). The predicted molar refractivity (Wildman–Crippen MR) is 169 cm³/mol. The second kappa shape index (κ2) is 13.2. The number of amides is 1. The summed E-state index contributed by atoms with van der Waals surface area (Å²) in [6, 6.07) is 39.0. The summed E-state index contributed by atoms with van der Waals surface area (Å²) in [7, 11) is 0. The molecule has 0 aromatic heterocycles. The molecular weight excluding hydrogens is 502 g/mol. The highest BCUT2D eigenvalue weighted by Gasteiger charge is 2.26. The number of hydrogen-bond donors (Lipinski definition) is 0. The van der Waals surface area contributed by atoms with Gasteiger partial charge in [-0.3, -0.25) is 9.69 Å². The van der Waals surface area contributed by atoms with Gasteiger partial charge in [-0.05, 0) is 66.6 Å². The van der Waals surface area contributed by atoms with E-state index >= 15 is 0 Å². The molecule has 0 saturated carbocycles. The summed E-state index contributed by atoms with van der Waals surface area (Å²) in [6.07, 6.45) is 4.08. The zero-order valence-corrected chi connectivity index (χ0v) is 24.0. The highest BCUT2D eigenvalue weighted by molar-refractivity contribution is 5.97. The summed E-state index contributed by atoms with van der Waals surface area (Å²) in [5.41, 5.74) is 7.42. The van der Waals surface area contributed by atoms with Crippen molar-refractivity contribution in [3.8, 4) is 0 Å². The number of benzene rings is 4. The van der Waals surface area contributed by atoms with Crippen molar-refractivity contribution in [3.05, 3.63) is 137 Å². The summed E-state index contributed by atoms with van der Waals surface area (Å²) in [4.78, 5) is 20.6. The SMILES string of the molecule is O=C1c2cc(N3CCN(CCC(c4ccccc4)c4ccccc4)CC3)ccc2CCN1CCCc1ccccc1. The minimum absolute atomic E-state index is 0.202. The van der Waals surface area contributed by atoms with Crippen LogP contribution in [0.25, 0.3) is 0 Å². The Balaban J connectivity index is 1.04. The first-order chi connectivity index (χ1) is 20.2. The van der Waals surface area contributed by atoms with E-state index in [0.29, 0.717) is 5.92 Å². The molecule has 4 heteroatoms. The van der Waals surface area contributed by atoms with Gasteiger partial charge in [0.2, 0.25) is 0 Å². The van der Waals surface area contributed by atoms with E-state index in [-0.39, 0.29) is 5.91 Å². The van der Waals surface area contributed by atoms with Crippen LogP contribution in [0.15, 0.2) is 109 Å². The molecule has 0 N–H and O–H groups in total. The second-order valence-electron chi connectivity index (χ2n) is 11.5. The molecule has 4 aromatic rings. The van der Waals surface area contributed by atoms with Gasteiger partial charge in [-0.15, -0.1) is 0 Å². The number of nitrogens with zero attached hydrogens (tertiary/aromatic N) is 3. The fraction of sp³-hybridized carbons (Fsp3) is 0.324. The average molecular weight is 544 g/mol. The molecule has 0 atom stereocenters.